The van der Waals surface area contributed by atoms with Gasteiger partial charge in [-0.1, -0.05) is 12.1 Å². The number of rotatable bonds is 4. The minimum absolute atomic E-state index is 0.287. The Bertz CT molecular complexity index is 1640. The van der Waals surface area contributed by atoms with Gasteiger partial charge in [-0.15, -0.1) is 0 Å². The number of aromatic nitrogens is 6. The van der Waals surface area contributed by atoms with E-state index in [1.54, 1.807) is 44.2 Å². The monoisotopic (exact) mass is 436 g/mol. The summed E-state index contributed by atoms with van der Waals surface area (Å²) in [4.78, 5) is 16.5. The Morgan fingerprint density at radius 2 is 1.73 bits per heavy atom. The minimum Gasteiger partial charge on any atom is -0.495 e. The predicted molar refractivity (Wildman–Crippen MR) is 124 cm³/mol. The molecule has 2 N–H and O–H groups in total. The molecule has 0 saturated heterocycles. The number of pyridine rings is 3. The summed E-state index contributed by atoms with van der Waals surface area (Å²) < 4.78 is 19.1. The molecule has 33 heavy (non-hydrogen) atoms. The average Bonchev–Trinajstić information content (AvgIpc) is 3.47. The summed E-state index contributed by atoms with van der Waals surface area (Å²) in [5.41, 5.74) is 6.49. The van der Waals surface area contributed by atoms with Gasteiger partial charge in [0, 0.05) is 46.1 Å². The summed E-state index contributed by atoms with van der Waals surface area (Å²) in [5.74, 6) is 0.387. The van der Waals surface area contributed by atoms with Gasteiger partial charge >= 0.3 is 0 Å². The first-order chi connectivity index (χ1) is 16.2. The molecule has 6 aromatic rings. The number of nitrogens with zero attached hydrogens (tertiary/aromatic N) is 4. The first kappa shape index (κ1) is 19.1. The molecule has 1 aromatic carbocycles. The number of nitrogens with one attached hydrogen (secondary N) is 2. The molecule has 0 bridgehead atoms. The fourth-order valence-electron chi connectivity index (χ4n) is 4.02. The van der Waals surface area contributed by atoms with Crippen LogP contribution in [0, 0.1) is 5.82 Å². The number of hydrogen-bond acceptors (Lipinski definition) is 5. The van der Waals surface area contributed by atoms with Crippen LogP contribution < -0.4 is 4.74 Å². The van der Waals surface area contributed by atoms with Crippen LogP contribution in [0.1, 0.15) is 0 Å². The fraction of sp³-hybridized carbons (Fsp3) is 0.0400. The molecule has 0 unspecified atom stereocenters. The van der Waals surface area contributed by atoms with Crippen molar-refractivity contribution in [3.63, 3.8) is 0 Å². The van der Waals surface area contributed by atoms with E-state index in [9.17, 15) is 4.39 Å². The Morgan fingerprint density at radius 3 is 2.61 bits per heavy atom. The minimum atomic E-state index is -0.287. The number of hydrogen-bond donors (Lipinski definition) is 2. The van der Waals surface area contributed by atoms with E-state index in [-0.39, 0.29) is 5.82 Å². The van der Waals surface area contributed by atoms with Crippen molar-refractivity contribution in [1.29, 1.82) is 0 Å². The Balaban J connectivity index is 1.49. The smallest absolute Gasteiger partial charge is 0.181 e. The maximum atomic E-state index is 13.8. The highest BCUT2D eigenvalue weighted by Gasteiger charge is 2.15. The molecular weight excluding hydrogens is 419 g/mol. The number of methoxy groups -OCH3 is 1. The van der Waals surface area contributed by atoms with Gasteiger partial charge in [0.05, 0.1) is 36.4 Å². The van der Waals surface area contributed by atoms with Crippen LogP contribution in [0.3, 0.4) is 0 Å². The molecule has 8 heteroatoms. The largest absolute Gasteiger partial charge is 0.495 e. The van der Waals surface area contributed by atoms with Gasteiger partial charge in [0.2, 0.25) is 0 Å². The second-order valence-corrected chi connectivity index (χ2v) is 7.65. The zero-order chi connectivity index (χ0) is 22.4. The lowest BCUT2D eigenvalue weighted by Gasteiger charge is -2.04. The van der Waals surface area contributed by atoms with E-state index in [0.29, 0.717) is 11.4 Å². The lowest BCUT2D eigenvalue weighted by molar-refractivity contribution is 0.413. The predicted octanol–water partition coefficient (Wildman–Crippen LogP) is 5.38. The number of fused-ring (bicyclic) bond motifs is 2. The second-order valence-electron chi connectivity index (χ2n) is 7.65. The third-order valence-corrected chi connectivity index (χ3v) is 5.64. The molecule has 0 radical (unpaired) electrons. The number of aromatic amines is 2. The number of halogens is 1. The van der Waals surface area contributed by atoms with Gasteiger partial charge in [0.1, 0.15) is 11.6 Å². The summed E-state index contributed by atoms with van der Waals surface area (Å²) >= 11 is 0. The van der Waals surface area contributed by atoms with Gasteiger partial charge in [-0.2, -0.15) is 5.10 Å². The topological polar surface area (TPSA) is 92.4 Å². The molecule has 0 spiro atoms. The Kier molecular flexibility index (Phi) is 4.36. The van der Waals surface area contributed by atoms with E-state index >= 15 is 0 Å². The van der Waals surface area contributed by atoms with Gasteiger partial charge in [-0.3, -0.25) is 15.1 Å². The third-order valence-electron chi connectivity index (χ3n) is 5.64. The summed E-state index contributed by atoms with van der Waals surface area (Å²) in [7, 11) is 1.61. The molecule has 0 aliphatic heterocycles. The molecule has 0 saturated carbocycles. The average molecular weight is 436 g/mol. The highest BCUT2D eigenvalue weighted by Crippen LogP contribution is 2.34. The van der Waals surface area contributed by atoms with Crippen LogP contribution in [0.2, 0.25) is 0 Å². The van der Waals surface area contributed by atoms with E-state index in [0.717, 1.165) is 49.9 Å². The lowest BCUT2D eigenvalue weighted by atomic mass is 10.0. The van der Waals surface area contributed by atoms with Crippen molar-refractivity contribution in [2.24, 2.45) is 0 Å². The molecule has 0 aliphatic rings. The van der Waals surface area contributed by atoms with E-state index < -0.39 is 0 Å². The lowest BCUT2D eigenvalue weighted by Crippen LogP contribution is -1.87. The van der Waals surface area contributed by atoms with Crippen molar-refractivity contribution in [2.45, 2.75) is 0 Å². The third kappa shape index (κ3) is 3.28. The van der Waals surface area contributed by atoms with Crippen LogP contribution in [0.4, 0.5) is 4.39 Å². The Morgan fingerprint density at radius 1 is 0.848 bits per heavy atom. The SMILES string of the molecule is COc1cncc(-c2cnc3n[nH]c(-c4cc5c(-c6cccc(F)c6)cncc5[nH]4)c3c2)c1. The maximum Gasteiger partial charge on any atom is 0.181 e. The van der Waals surface area contributed by atoms with Crippen LogP contribution in [0.15, 0.2) is 73.4 Å². The standard InChI is InChI=1S/C25H17FN6O/c1-33-18-6-15(9-27-11-18)16-7-20-24(31-32-25(20)29-10-16)22-8-19-21(12-28-13-23(19)30-22)14-3-2-4-17(26)5-14/h2-13,30H,1H3,(H,29,31,32). The molecule has 6 rings (SSSR count). The zero-order valence-corrected chi connectivity index (χ0v) is 17.5. The Labute approximate surface area is 187 Å². The van der Waals surface area contributed by atoms with Crippen molar-refractivity contribution in [3.8, 4) is 39.4 Å². The van der Waals surface area contributed by atoms with Gasteiger partial charge < -0.3 is 9.72 Å². The quantitative estimate of drug-likeness (QED) is 0.387. The molecule has 5 heterocycles. The molecular formula is C25H17FN6O. The second kappa shape index (κ2) is 7.52. The van der Waals surface area contributed by atoms with Crippen LogP contribution in [-0.2, 0) is 0 Å². The Hall–Kier alpha value is -4.59. The van der Waals surface area contributed by atoms with E-state index in [1.807, 2.05) is 24.3 Å². The van der Waals surface area contributed by atoms with E-state index in [2.05, 4.69) is 30.1 Å². The number of H-pyrrole nitrogens is 2. The maximum absolute atomic E-state index is 13.8. The van der Waals surface area contributed by atoms with Gasteiger partial charge in [0.15, 0.2) is 5.65 Å². The van der Waals surface area contributed by atoms with Gasteiger partial charge in [-0.05, 0) is 35.9 Å². The molecule has 0 fully saturated rings. The van der Waals surface area contributed by atoms with Crippen LogP contribution in [0.5, 0.6) is 5.75 Å². The normalized spacial score (nSPS) is 11.3. The van der Waals surface area contributed by atoms with Crippen LogP contribution >= 0.6 is 0 Å². The zero-order valence-electron chi connectivity index (χ0n) is 17.5. The number of ether oxygens (including phenoxy) is 1. The molecule has 0 atom stereocenters. The van der Waals surface area contributed by atoms with Crippen molar-refractivity contribution in [3.05, 3.63) is 79.3 Å². The first-order valence-electron chi connectivity index (χ1n) is 10.3. The van der Waals surface area contributed by atoms with Crippen molar-refractivity contribution >= 4 is 21.9 Å². The van der Waals surface area contributed by atoms with Crippen LogP contribution in [-0.4, -0.2) is 37.2 Å². The molecule has 160 valence electrons. The molecule has 0 aliphatic carbocycles. The fourth-order valence-corrected chi connectivity index (χ4v) is 4.02. The summed E-state index contributed by atoms with van der Waals surface area (Å²) in [6.07, 6.45) is 8.69. The van der Waals surface area contributed by atoms with Crippen LogP contribution in [0.25, 0.3) is 55.6 Å². The van der Waals surface area contributed by atoms with Crippen molar-refractivity contribution in [2.75, 3.05) is 7.11 Å². The summed E-state index contributed by atoms with van der Waals surface area (Å²) in [5, 5.41) is 9.26. The summed E-state index contributed by atoms with van der Waals surface area (Å²) in [6, 6.07) is 12.5. The molecule has 0 amide bonds. The summed E-state index contributed by atoms with van der Waals surface area (Å²) in [6.45, 7) is 0. The van der Waals surface area contributed by atoms with Crippen molar-refractivity contribution in [1.82, 2.24) is 30.1 Å². The van der Waals surface area contributed by atoms with E-state index in [1.165, 1.54) is 12.1 Å². The van der Waals surface area contributed by atoms with E-state index in [4.69, 9.17) is 4.74 Å². The van der Waals surface area contributed by atoms with Gasteiger partial charge in [0.25, 0.3) is 0 Å². The molecule has 5 aromatic heterocycles. The highest BCUT2D eigenvalue weighted by molar-refractivity contribution is 6.00. The van der Waals surface area contributed by atoms with Crippen molar-refractivity contribution < 1.29 is 9.13 Å². The van der Waals surface area contributed by atoms with Gasteiger partial charge in [-0.25, -0.2) is 9.37 Å². The number of benzene rings is 1. The molecule has 7 nitrogen and oxygen atoms in total. The highest BCUT2D eigenvalue weighted by atomic mass is 19.1. The first-order valence-corrected chi connectivity index (χ1v) is 10.3.